The van der Waals surface area contributed by atoms with Crippen molar-refractivity contribution in [3.8, 4) is 0 Å². The van der Waals surface area contributed by atoms with Crippen LogP contribution in [-0.2, 0) is 14.8 Å². The van der Waals surface area contributed by atoms with E-state index >= 15 is 0 Å². The van der Waals surface area contributed by atoms with Gasteiger partial charge in [0, 0.05) is 6.54 Å². The van der Waals surface area contributed by atoms with Crippen LogP contribution in [0, 0.1) is 5.41 Å². The predicted octanol–water partition coefficient (Wildman–Crippen LogP) is -1.69. The van der Waals surface area contributed by atoms with Crippen LogP contribution in [-0.4, -0.2) is 37.7 Å². The summed E-state index contributed by atoms with van der Waals surface area (Å²) in [6, 6.07) is 0. The molecule has 1 amide bonds. The molecule has 0 atom stereocenters. The van der Waals surface area contributed by atoms with Gasteiger partial charge in [0.05, 0.1) is 5.75 Å². The highest BCUT2D eigenvalue weighted by atomic mass is 32.2. The van der Waals surface area contributed by atoms with E-state index in [0.29, 0.717) is 12.8 Å². The Morgan fingerprint density at radius 2 is 2.06 bits per heavy atom. The highest BCUT2D eigenvalue weighted by Gasteiger charge is 2.48. The van der Waals surface area contributed by atoms with Gasteiger partial charge < -0.3 is 16.3 Å². The maximum absolute atomic E-state index is 11.8. The summed E-state index contributed by atoms with van der Waals surface area (Å²) in [6.07, 6.45) is 1.78. The molecule has 9 heteroatoms. The molecule has 0 aromatic rings. The van der Waals surface area contributed by atoms with Crippen LogP contribution in [0.25, 0.3) is 0 Å². The number of amidine groups is 1. The van der Waals surface area contributed by atoms with E-state index in [1.165, 1.54) is 0 Å². The zero-order valence-corrected chi connectivity index (χ0v) is 10.0. The normalized spacial score (nSPS) is 19.5. The number of nitrogens with zero attached hydrogens (tertiary/aromatic N) is 1. The topological polar surface area (TPSA) is 148 Å². The molecule has 0 heterocycles. The molecule has 98 valence electrons. The van der Waals surface area contributed by atoms with Crippen molar-refractivity contribution in [3.63, 3.8) is 0 Å². The van der Waals surface area contributed by atoms with E-state index in [2.05, 4.69) is 10.5 Å². The Morgan fingerprint density at radius 3 is 2.41 bits per heavy atom. The molecule has 0 aromatic carbocycles. The van der Waals surface area contributed by atoms with Crippen molar-refractivity contribution in [1.82, 2.24) is 5.32 Å². The molecule has 0 aromatic heterocycles. The molecular weight excluding hydrogens is 248 g/mol. The Hall–Kier alpha value is -1.35. The third-order valence-corrected chi connectivity index (χ3v) is 3.69. The fourth-order valence-electron chi connectivity index (χ4n) is 1.70. The summed E-state index contributed by atoms with van der Waals surface area (Å²) in [4.78, 5) is 11.8. The first kappa shape index (κ1) is 13.7. The van der Waals surface area contributed by atoms with E-state index in [0.717, 1.165) is 6.42 Å². The molecule has 0 saturated heterocycles. The first-order valence-electron chi connectivity index (χ1n) is 5.08. The minimum absolute atomic E-state index is 0.0852. The largest absolute Gasteiger partial charge is 0.409 e. The molecule has 0 spiro atoms. The van der Waals surface area contributed by atoms with Gasteiger partial charge in [-0.05, 0) is 12.8 Å². The van der Waals surface area contributed by atoms with Crippen LogP contribution in [0.3, 0.4) is 0 Å². The van der Waals surface area contributed by atoms with Gasteiger partial charge in [-0.2, -0.15) is 0 Å². The van der Waals surface area contributed by atoms with Gasteiger partial charge in [-0.15, -0.1) is 0 Å². The number of carbonyl (C=O) groups excluding carboxylic acids is 1. The van der Waals surface area contributed by atoms with Crippen LogP contribution in [0.1, 0.15) is 19.3 Å². The number of oxime groups is 1. The summed E-state index contributed by atoms with van der Waals surface area (Å²) in [5, 5.41) is 18.7. The van der Waals surface area contributed by atoms with Gasteiger partial charge in [-0.25, -0.2) is 13.6 Å². The van der Waals surface area contributed by atoms with Crippen molar-refractivity contribution in [2.75, 3.05) is 12.3 Å². The van der Waals surface area contributed by atoms with E-state index in [1.807, 2.05) is 0 Å². The average molecular weight is 264 g/mol. The van der Waals surface area contributed by atoms with Crippen molar-refractivity contribution in [2.45, 2.75) is 19.3 Å². The lowest BCUT2D eigenvalue weighted by molar-refractivity contribution is -0.130. The lowest BCUT2D eigenvalue weighted by Crippen LogP contribution is -2.54. The van der Waals surface area contributed by atoms with E-state index in [-0.39, 0.29) is 18.1 Å². The van der Waals surface area contributed by atoms with Gasteiger partial charge in [0.15, 0.2) is 5.84 Å². The highest BCUT2D eigenvalue weighted by molar-refractivity contribution is 7.89. The van der Waals surface area contributed by atoms with Gasteiger partial charge >= 0.3 is 0 Å². The van der Waals surface area contributed by atoms with Crippen LogP contribution < -0.4 is 16.2 Å². The molecule has 6 N–H and O–H groups in total. The number of carbonyl (C=O) groups is 1. The third-order valence-electron chi connectivity index (χ3n) is 2.91. The zero-order chi connectivity index (χ0) is 13.1. The number of rotatable bonds is 5. The molecule has 1 rings (SSSR count). The first-order valence-corrected chi connectivity index (χ1v) is 6.80. The van der Waals surface area contributed by atoms with E-state index in [4.69, 9.17) is 16.1 Å². The number of hydrogen-bond acceptors (Lipinski definition) is 5. The summed E-state index contributed by atoms with van der Waals surface area (Å²) in [5.74, 6) is -0.912. The van der Waals surface area contributed by atoms with Crippen molar-refractivity contribution in [3.05, 3.63) is 0 Å². The Bertz CT molecular complexity index is 427. The Morgan fingerprint density at radius 1 is 1.47 bits per heavy atom. The fraction of sp³-hybridized carbons (Fsp3) is 0.750. The molecule has 1 aliphatic carbocycles. The molecule has 1 fully saturated rings. The van der Waals surface area contributed by atoms with Crippen LogP contribution >= 0.6 is 0 Å². The molecule has 0 aliphatic heterocycles. The zero-order valence-electron chi connectivity index (χ0n) is 9.22. The summed E-state index contributed by atoms with van der Waals surface area (Å²) >= 11 is 0. The lowest BCUT2D eigenvalue weighted by Gasteiger charge is -2.38. The summed E-state index contributed by atoms with van der Waals surface area (Å²) in [5.41, 5.74) is 4.47. The average Bonchev–Trinajstić information content (AvgIpc) is 2.13. The van der Waals surface area contributed by atoms with Gasteiger partial charge in [0.25, 0.3) is 0 Å². The van der Waals surface area contributed by atoms with Crippen molar-refractivity contribution >= 4 is 21.8 Å². The number of nitrogens with one attached hydrogen (secondary N) is 1. The van der Waals surface area contributed by atoms with Gasteiger partial charge in [0.2, 0.25) is 15.9 Å². The summed E-state index contributed by atoms with van der Waals surface area (Å²) in [6.45, 7) is -0.0852. The number of sulfonamides is 1. The van der Waals surface area contributed by atoms with E-state index < -0.39 is 21.3 Å². The molecule has 0 radical (unpaired) electrons. The van der Waals surface area contributed by atoms with Crippen LogP contribution in [0.2, 0.25) is 0 Å². The Labute approximate surface area is 99.1 Å². The predicted molar refractivity (Wildman–Crippen MR) is 60.7 cm³/mol. The lowest BCUT2D eigenvalue weighted by atomic mass is 9.67. The van der Waals surface area contributed by atoms with Crippen LogP contribution in [0.4, 0.5) is 0 Å². The summed E-state index contributed by atoms with van der Waals surface area (Å²) in [7, 11) is -3.61. The van der Waals surface area contributed by atoms with Gasteiger partial charge in [-0.3, -0.25) is 4.79 Å². The maximum Gasteiger partial charge on any atom is 0.233 e. The standard InChI is InChI=1S/C8H16N4O4S/c9-6(12-14)8(2-1-3-8)7(13)11-4-5-17(10,15)16/h14H,1-5H2,(H2,9,12)(H,11,13)(H2,10,15,16). The maximum atomic E-state index is 11.8. The van der Waals surface area contributed by atoms with Crippen molar-refractivity contribution < 1.29 is 18.4 Å². The third kappa shape index (κ3) is 3.07. The molecule has 0 bridgehead atoms. The van der Waals surface area contributed by atoms with E-state index in [1.54, 1.807) is 0 Å². The highest BCUT2D eigenvalue weighted by Crippen LogP contribution is 2.41. The number of hydrogen-bond donors (Lipinski definition) is 4. The van der Waals surface area contributed by atoms with Gasteiger partial charge in [-0.1, -0.05) is 11.6 Å². The first-order chi connectivity index (χ1) is 7.82. The quantitative estimate of drug-likeness (QED) is 0.202. The molecule has 17 heavy (non-hydrogen) atoms. The Balaban J connectivity index is 2.57. The molecule has 0 unspecified atom stereocenters. The molecule has 1 aliphatic rings. The minimum atomic E-state index is -3.61. The van der Waals surface area contributed by atoms with Crippen LogP contribution in [0.5, 0.6) is 0 Å². The second kappa shape index (κ2) is 4.88. The number of nitrogens with two attached hydrogens (primary N) is 2. The second-order valence-electron chi connectivity index (χ2n) is 4.04. The Kier molecular flexibility index (Phi) is 3.94. The van der Waals surface area contributed by atoms with Gasteiger partial charge in [0.1, 0.15) is 5.41 Å². The molecular formula is C8H16N4O4S. The fourth-order valence-corrected chi connectivity index (χ4v) is 2.09. The minimum Gasteiger partial charge on any atom is -0.409 e. The smallest absolute Gasteiger partial charge is 0.233 e. The SMILES string of the molecule is NC(=NO)C1(C(=O)NCCS(N)(=O)=O)CCC1. The molecule has 1 saturated carbocycles. The summed E-state index contributed by atoms with van der Waals surface area (Å²) < 4.78 is 21.3. The van der Waals surface area contributed by atoms with Crippen molar-refractivity contribution in [2.24, 2.45) is 21.4 Å². The van der Waals surface area contributed by atoms with Crippen LogP contribution in [0.15, 0.2) is 5.16 Å². The number of primary sulfonamides is 1. The van der Waals surface area contributed by atoms with Crippen molar-refractivity contribution in [1.29, 1.82) is 0 Å². The second-order valence-corrected chi connectivity index (χ2v) is 5.78. The monoisotopic (exact) mass is 264 g/mol. The molecule has 8 nitrogen and oxygen atoms in total. The van der Waals surface area contributed by atoms with E-state index in [9.17, 15) is 13.2 Å². The number of amides is 1.